The average Bonchev–Trinajstić information content (AvgIpc) is 3.05. The van der Waals surface area contributed by atoms with Crippen LogP contribution in [0.4, 0.5) is 4.39 Å². The number of aryl methyl sites for hydroxylation is 2. The number of hydrogen-bond donors (Lipinski definition) is 1. The molecule has 2 aromatic heterocycles. The Balaban J connectivity index is 1.84. The van der Waals surface area contributed by atoms with Crippen molar-refractivity contribution in [1.29, 1.82) is 0 Å². The Morgan fingerprint density at radius 3 is 2.95 bits per heavy atom. The molecular weight excluding hydrogens is 275 g/mol. The summed E-state index contributed by atoms with van der Waals surface area (Å²) in [5, 5.41) is 13.0. The van der Waals surface area contributed by atoms with Crippen molar-refractivity contribution in [1.82, 2.24) is 0 Å². The van der Waals surface area contributed by atoms with Crippen molar-refractivity contribution in [2.45, 2.75) is 25.9 Å². The van der Waals surface area contributed by atoms with E-state index in [2.05, 4.69) is 6.07 Å². The van der Waals surface area contributed by atoms with Gasteiger partial charge < -0.3 is 9.52 Å². The number of hydrogen-bond acceptors (Lipinski definition) is 3. The number of aliphatic hydroxyl groups excluding tert-OH is 1. The molecule has 0 fully saturated rings. The number of rotatable bonds is 4. The molecule has 0 saturated heterocycles. The highest BCUT2D eigenvalue weighted by Crippen LogP contribution is 2.32. The second-order valence-corrected chi connectivity index (χ2v) is 5.90. The Hall–Kier alpha value is -1.65. The lowest BCUT2D eigenvalue weighted by molar-refractivity contribution is 0.142. The van der Waals surface area contributed by atoms with E-state index < -0.39 is 6.10 Å². The molecule has 2 heterocycles. The highest BCUT2D eigenvalue weighted by Gasteiger charge is 2.18. The van der Waals surface area contributed by atoms with Gasteiger partial charge in [0.25, 0.3) is 0 Å². The highest BCUT2D eigenvalue weighted by molar-refractivity contribution is 7.09. The van der Waals surface area contributed by atoms with Gasteiger partial charge in [0.15, 0.2) is 0 Å². The number of thiophene rings is 1. The molecule has 4 heteroatoms. The number of halogens is 1. The number of fused-ring (bicyclic) bond motifs is 1. The molecular formula is C16H15FO2S. The van der Waals surface area contributed by atoms with Gasteiger partial charge in [-0.2, -0.15) is 0 Å². The van der Waals surface area contributed by atoms with Crippen molar-refractivity contribution < 1.29 is 13.9 Å². The van der Waals surface area contributed by atoms with Crippen LogP contribution in [-0.4, -0.2) is 5.11 Å². The molecule has 0 bridgehead atoms. The number of benzene rings is 1. The quantitative estimate of drug-likeness (QED) is 0.761. The van der Waals surface area contributed by atoms with E-state index in [0.717, 1.165) is 17.4 Å². The zero-order valence-electron chi connectivity index (χ0n) is 11.1. The third-order valence-electron chi connectivity index (χ3n) is 3.48. The van der Waals surface area contributed by atoms with E-state index >= 15 is 0 Å². The van der Waals surface area contributed by atoms with E-state index in [4.69, 9.17) is 4.42 Å². The van der Waals surface area contributed by atoms with Crippen LogP contribution in [-0.2, 0) is 6.42 Å². The molecule has 0 radical (unpaired) electrons. The predicted octanol–water partition coefficient (Wildman–Crippen LogP) is 4.61. The van der Waals surface area contributed by atoms with E-state index in [1.54, 1.807) is 17.4 Å². The Labute approximate surface area is 120 Å². The maximum atomic E-state index is 13.3. The normalized spacial score (nSPS) is 12.9. The fraction of sp³-hybridized carbons (Fsp3) is 0.250. The summed E-state index contributed by atoms with van der Waals surface area (Å²) in [5.41, 5.74) is 1.44. The molecule has 20 heavy (non-hydrogen) atoms. The Morgan fingerprint density at radius 2 is 2.20 bits per heavy atom. The lowest BCUT2D eigenvalue weighted by Gasteiger charge is -2.07. The lowest BCUT2D eigenvalue weighted by atomic mass is 10.1. The van der Waals surface area contributed by atoms with Gasteiger partial charge in [-0.3, -0.25) is 0 Å². The van der Waals surface area contributed by atoms with Crippen LogP contribution in [0.1, 0.15) is 28.7 Å². The van der Waals surface area contributed by atoms with Crippen molar-refractivity contribution >= 4 is 22.3 Å². The minimum Gasteiger partial charge on any atom is -0.458 e. The molecule has 3 rings (SSSR count). The molecule has 1 atom stereocenters. The van der Waals surface area contributed by atoms with Crippen molar-refractivity contribution in [3.8, 4) is 0 Å². The minimum atomic E-state index is -0.660. The van der Waals surface area contributed by atoms with Crippen molar-refractivity contribution in [2.75, 3.05) is 0 Å². The van der Waals surface area contributed by atoms with Gasteiger partial charge in [-0.15, -0.1) is 11.3 Å². The Bertz CT molecular complexity index is 715. The molecule has 0 aliphatic rings. The zero-order chi connectivity index (χ0) is 14.1. The maximum Gasteiger partial charge on any atom is 0.136 e. The van der Waals surface area contributed by atoms with Gasteiger partial charge in [0.2, 0.25) is 0 Å². The van der Waals surface area contributed by atoms with Crippen LogP contribution >= 0.6 is 11.3 Å². The summed E-state index contributed by atoms with van der Waals surface area (Å²) in [6.07, 6.45) is 0.750. The van der Waals surface area contributed by atoms with Gasteiger partial charge in [-0.25, -0.2) is 4.39 Å². The summed E-state index contributed by atoms with van der Waals surface area (Å²) in [6, 6.07) is 8.48. The third kappa shape index (κ3) is 2.49. The second kappa shape index (κ2) is 5.38. The summed E-state index contributed by atoms with van der Waals surface area (Å²) in [5.74, 6) is 0.253. The monoisotopic (exact) mass is 290 g/mol. The van der Waals surface area contributed by atoms with Gasteiger partial charge in [0.05, 0.1) is 0 Å². The molecule has 0 saturated carbocycles. The van der Waals surface area contributed by atoms with Gasteiger partial charge in [-0.05, 0) is 49.4 Å². The summed E-state index contributed by atoms with van der Waals surface area (Å²) < 4.78 is 18.9. The largest absolute Gasteiger partial charge is 0.458 e. The first kappa shape index (κ1) is 13.3. The summed E-state index contributed by atoms with van der Waals surface area (Å²) in [6.45, 7) is 1.86. The van der Waals surface area contributed by atoms with Crippen LogP contribution in [0.15, 0.2) is 40.1 Å². The molecule has 0 amide bonds. The fourth-order valence-corrected chi connectivity index (χ4v) is 3.12. The average molecular weight is 290 g/mol. The van der Waals surface area contributed by atoms with E-state index in [9.17, 15) is 9.50 Å². The fourth-order valence-electron chi connectivity index (χ4n) is 2.39. The Morgan fingerprint density at radius 1 is 1.35 bits per heavy atom. The maximum absolute atomic E-state index is 13.3. The molecule has 3 aromatic rings. The topological polar surface area (TPSA) is 33.4 Å². The molecule has 0 aliphatic heterocycles. The predicted molar refractivity (Wildman–Crippen MR) is 78.5 cm³/mol. The zero-order valence-corrected chi connectivity index (χ0v) is 11.9. The Kier molecular flexibility index (Phi) is 3.59. The molecule has 1 N–H and O–H groups in total. The highest BCUT2D eigenvalue weighted by atomic mass is 32.1. The lowest BCUT2D eigenvalue weighted by Crippen LogP contribution is -1.99. The van der Waals surface area contributed by atoms with Crippen LogP contribution in [0.3, 0.4) is 0 Å². The SMILES string of the molecule is Cc1c(C(O)CCc2cccs2)oc2ccc(F)cc12. The van der Waals surface area contributed by atoms with Crippen LogP contribution in [0.5, 0.6) is 0 Å². The summed E-state index contributed by atoms with van der Waals surface area (Å²) in [7, 11) is 0. The van der Waals surface area contributed by atoms with Gasteiger partial charge in [0, 0.05) is 15.8 Å². The first-order valence-electron chi connectivity index (χ1n) is 6.54. The molecule has 2 nitrogen and oxygen atoms in total. The number of aliphatic hydroxyl groups is 1. The smallest absolute Gasteiger partial charge is 0.136 e. The third-order valence-corrected chi connectivity index (χ3v) is 4.42. The van der Waals surface area contributed by atoms with Crippen molar-refractivity contribution in [2.24, 2.45) is 0 Å². The molecule has 0 spiro atoms. The van der Waals surface area contributed by atoms with Gasteiger partial charge in [0.1, 0.15) is 23.3 Å². The van der Waals surface area contributed by atoms with Crippen LogP contribution in [0, 0.1) is 12.7 Å². The van der Waals surface area contributed by atoms with Crippen molar-refractivity contribution in [3.05, 3.63) is 57.7 Å². The van der Waals surface area contributed by atoms with Crippen molar-refractivity contribution in [3.63, 3.8) is 0 Å². The molecule has 1 aromatic carbocycles. The van der Waals surface area contributed by atoms with E-state index in [-0.39, 0.29) is 5.82 Å². The summed E-state index contributed by atoms with van der Waals surface area (Å²) >= 11 is 1.68. The van der Waals surface area contributed by atoms with Crippen LogP contribution < -0.4 is 0 Å². The van der Waals surface area contributed by atoms with Crippen LogP contribution in [0.2, 0.25) is 0 Å². The molecule has 1 unspecified atom stereocenters. The first-order valence-corrected chi connectivity index (χ1v) is 7.42. The van der Waals surface area contributed by atoms with Gasteiger partial charge in [-0.1, -0.05) is 6.07 Å². The molecule has 104 valence electrons. The standard InChI is InChI=1S/C16H15FO2S/c1-10-13-9-11(17)4-7-15(13)19-16(10)14(18)6-5-12-3-2-8-20-12/h2-4,7-9,14,18H,5-6H2,1H3. The van der Waals surface area contributed by atoms with E-state index in [1.807, 2.05) is 18.4 Å². The number of furan rings is 1. The van der Waals surface area contributed by atoms with E-state index in [1.165, 1.54) is 17.0 Å². The van der Waals surface area contributed by atoms with Crippen LogP contribution in [0.25, 0.3) is 11.0 Å². The second-order valence-electron chi connectivity index (χ2n) is 4.87. The van der Waals surface area contributed by atoms with E-state index in [0.29, 0.717) is 17.8 Å². The minimum absolute atomic E-state index is 0.291. The summed E-state index contributed by atoms with van der Waals surface area (Å²) in [4.78, 5) is 1.24. The van der Waals surface area contributed by atoms with Gasteiger partial charge >= 0.3 is 0 Å². The molecule has 0 aliphatic carbocycles. The first-order chi connectivity index (χ1) is 9.65.